The molecule has 0 aromatic heterocycles. The van der Waals surface area contributed by atoms with E-state index in [9.17, 15) is 13.2 Å². The molecule has 0 spiro atoms. The van der Waals surface area contributed by atoms with Gasteiger partial charge in [0.1, 0.15) is 0 Å². The van der Waals surface area contributed by atoms with E-state index in [0.29, 0.717) is 31.0 Å². The molecule has 0 saturated carbocycles. The number of halogens is 1. The van der Waals surface area contributed by atoms with Crippen molar-refractivity contribution in [1.29, 1.82) is 0 Å². The molecule has 3 rings (SSSR count). The molecule has 1 saturated heterocycles. The number of hydrogen-bond acceptors (Lipinski definition) is 3. The molecule has 1 fully saturated rings. The first-order chi connectivity index (χ1) is 14.2. The molecule has 162 valence electrons. The van der Waals surface area contributed by atoms with Gasteiger partial charge in [-0.25, -0.2) is 8.42 Å². The number of sulfonamides is 1. The maximum Gasteiger partial charge on any atom is 0.243 e. The summed E-state index contributed by atoms with van der Waals surface area (Å²) in [5.41, 5.74) is 3.55. The van der Waals surface area contributed by atoms with Crippen LogP contribution < -0.4 is 5.32 Å². The first-order valence-electron chi connectivity index (χ1n) is 10.4. The zero-order chi connectivity index (χ0) is 21.9. The lowest BCUT2D eigenvalue weighted by Crippen LogP contribution is -2.43. The van der Waals surface area contributed by atoms with Gasteiger partial charge in [0, 0.05) is 24.0 Å². The summed E-state index contributed by atoms with van der Waals surface area (Å²) in [5.74, 6) is -0.175. The standard InChI is InChI=1S/C23H29ClN2O3S/c1-4-22(19-6-5-16(2)17(3)15-19)25-23(27)18-11-13-26(14-12-18)30(28,29)21-9-7-20(24)8-10-21/h5-10,15,18,22H,4,11-14H2,1-3H3,(H,25,27)/t22-/m1/s1. The minimum absolute atomic E-state index is 0.00335. The molecule has 1 amide bonds. The largest absolute Gasteiger partial charge is 0.349 e. The Hall–Kier alpha value is -1.89. The summed E-state index contributed by atoms with van der Waals surface area (Å²) >= 11 is 5.86. The van der Waals surface area contributed by atoms with E-state index in [1.165, 1.54) is 27.6 Å². The quantitative estimate of drug-likeness (QED) is 0.700. The third-order valence-electron chi connectivity index (χ3n) is 5.93. The van der Waals surface area contributed by atoms with Gasteiger partial charge in [-0.3, -0.25) is 4.79 Å². The minimum Gasteiger partial charge on any atom is -0.349 e. The first-order valence-corrected chi connectivity index (χ1v) is 12.2. The number of rotatable bonds is 6. The number of piperidine rings is 1. The van der Waals surface area contributed by atoms with Gasteiger partial charge in [-0.15, -0.1) is 0 Å². The molecule has 7 heteroatoms. The number of carbonyl (C=O) groups excluding carboxylic acids is 1. The van der Waals surface area contributed by atoms with E-state index in [-0.39, 0.29) is 22.8 Å². The van der Waals surface area contributed by atoms with Gasteiger partial charge in [0.05, 0.1) is 10.9 Å². The van der Waals surface area contributed by atoms with E-state index in [0.717, 1.165) is 12.0 Å². The zero-order valence-electron chi connectivity index (χ0n) is 17.7. The van der Waals surface area contributed by atoms with Crippen molar-refractivity contribution < 1.29 is 13.2 Å². The van der Waals surface area contributed by atoms with Crippen molar-refractivity contribution in [3.63, 3.8) is 0 Å². The van der Waals surface area contributed by atoms with Crippen molar-refractivity contribution in [2.75, 3.05) is 13.1 Å². The lowest BCUT2D eigenvalue weighted by Gasteiger charge is -2.31. The Kier molecular flexibility index (Phi) is 7.22. The smallest absolute Gasteiger partial charge is 0.243 e. The van der Waals surface area contributed by atoms with Crippen LogP contribution in [0.25, 0.3) is 0 Å². The van der Waals surface area contributed by atoms with Crippen LogP contribution in [0.1, 0.15) is 48.9 Å². The van der Waals surface area contributed by atoms with Gasteiger partial charge in [-0.1, -0.05) is 36.7 Å². The van der Waals surface area contributed by atoms with E-state index < -0.39 is 10.0 Å². The van der Waals surface area contributed by atoms with Gasteiger partial charge in [0.15, 0.2) is 0 Å². The van der Waals surface area contributed by atoms with E-state index >= 15 is 0 Å². The summed E-state index contributed by atoms with van der Waals surface area (Å²) in [6.45, 7) is 6.88. The maximum atomic E-state index is 12.9. The van der Waals surface area contributed by atoms with E-state index in [1.807, 2.05) is 0 Å². The Labute approximate surface area is 184 Å². The molecule has 0 radical (unpaired) electrons. The Morgan fingerprint density at radius 3 is 2.30 bits per heavy atom. The molecule has 0 bridgehead atoms. The highest BCUT2D eigenvalue weighted by Crippen LogP contribution is 2.26. The van der Waals surface area contributed by atoms with Crippen LogP contribution >= 0.6 is 11.6 Å². The van der Waals surface area contributed by atoms with Crippen LogP contribution in [0, 0.1) is 19.8 Å². The summed E-state index contributed by atoms with van der Waals surface area (Å²) in [6.07, 6.45) is 1.84. The van der Waals surface area contributed by atoms with Crippen LogP contribution in [-0.2, 0) is 14.8 Å². The Morgan fingerprint density at radius 2 is 1.73 bits per heavy atom. The molecular formula is C23H29ClN2O3S. The normalized spacial score (nSPS) is 16.9. The summed E-state index contributed by atoms with van der Waals surface area (Å²) < 4.78 is 27.1. The van der Waals surface area contributed by atoms with E-state index in [1.54, 1.807) is 12.1 Å². The summed E-state index contributed by atoms with van der Waals surface area (Å²) in [7, 11) is -3.56. The maximum absolute atomic E-state index is 12.9. The molecule has 5 nitrogen and oxygen atoms in total. The Bertz CT molecular complexity index is 998. The molecule has 1 aliphatic rings. The highest BCUT2D eigenvalue weighted by atomic mass is 35.5. The number of carbonyl (C=O) groups is 1. The van der Waals surface area contributed by atoms with Crippen molar-refractivity contribution >= 4 is 27.5 Å². The van der Waals surface area contributed by atoms with E-state index in [2.05, 4.69) is 44.3 Å². The molecule has 0 unspecified atom stereocenters. The van der Waals surface area contributed by atoms with Gasteiger partial charge in [-0.2, -0.15) is 4.31 Å². The molecule has 0 aliphatic carbocycles. The molecule has 1 atom stereocenters. The molecule has 30 heavy (non-hydrogen) atoms. The first kappa shape index (κ1) is 22.8. The van der Waals surface area contributed by atoms with Crippen molar-refractivity contribution in [1.82, 2.24) is 9.62 Å². The molecule has 2 aromatic carbocycles. The number of nitrogens with one attached hydrogen (secondary N) is 1. The fraction of sp³-hybridized carbons (Fsp3) is 0.435. The number of nitrogens with zero attached hydrogens (tertiary/aromatic N) is 1. The van der Waals surface area contributed by atoms with Crippen LogP contribution in [0.5, 0.6) is 0 Å². The second-order valence-electron chi connectivity index (χ2n) is 7.95. The average molecular weight is 449 g/mol. The highest BCUT2D eigenvalue weighted by Gasteiger charge is 2.32. The topological polar surface area (TPSA) is 66.5 Å². The fourth-order valence-corrected chi connectivity index (χ4v) is 5.40. The molecular weight excluding hydrogens is 420 g/mol. The molecule has 2 aromatic rings. The predicted molar refractivity (Wildman–Crippen MR) is 120 cm³/mol. The number of amides is 1. The fourth-order valence-electron chi connectivity index (χ4n) is 3.81. The molecule has 1 heterocycles. The van der Waals surface area contributed by atoms with E-state index in [4.69, 9.17) is 11.6 Å². The number of aryl methyl sites for hydroxylation is 2. The lowest BCUT2D eigenvalue weighted by molar-refractivity contribution is -0.126. The number of benzene rings is 2. The average Bonchev–Trinajstić information content (AvgIpc) is 2.74. The van der Waals surface area contributed by atoms with Crippen LogP contribution in [-0.4, -0.2) is 31.7 Å². The molecule has 1 N–H and O–H groups in total. The van der Waals surface area contributed by atoms with Gasteiger partial charge in [0.2, 0.25) is 15.9 Å². The summed E-state index contributed by atoms with van der Waals surface area (Å²) in [5, 5.41) is 3.67. The number of hydrogen-bond donors (Lipinski definition) is 1. The van der Waals surface area contributed by atoms with Crippen molar-refractivity contribution in [3.8, 4) is 0 Å². The van der Waals surface area contributed by atoms with Crippen molar-refractivity contribution in [3.05, 3.63) is 64.2 Å². The van der Waals surface area contributed by atoms with Gasteiger partial charge >= 0.3 is 0 Å². The Balaban J connectivity index is 1.61. The third kappa shape index (κ3) is 5.05. The van der Waals surface area contributed by atoms with Crippen LogP contribution in [0.4, 0.5) is 0 Å². The van der Waals surface area contributed by atoms with Gasteiger partial charge in [0.25, 0.3) is 0 Å². The van der Waals surface area contributed by atoms with Gasteiger partial charge in [-0.05, 0) is 74.1 Å². The monoisotopic (exact) mass is 448 g/mol. The lowest BCUT2D eigenvalue weighted by atomic mass is 9.95. The zero-order valence-corrected chi connectivity index (χ0v) is 19.3. The molecule has 1 aliphatic heterocycles. The second kappa shape index (κ2) is 9.50. The highest BCUT2D eigenvalue weighted by molar-refractivity contribution is 7.89. The van der Waals surface area contributed by atoms with Crippen LogP contribution in [0.3, 0.4) is 0 Å². The third-order valence-corrected chi connectivity index (χ3v) is 8.10. The van der Waals surface area contributed by atoms with Crippen LogP contribution in [0.2, 0.25) is 5.02 Å². The summed E-state index contributed by atoms with van der Waals surface area (Å²) in [6, 6.07) is 12.4. The second-order valence-corrected chi connectivity index (χ2v) is 10.3. The van der Waals surface area contributed by atoms with Crippen LogP contribution in [0.15, 0.2) is 47.4 Å². The predicted octanol–water partition coefficient (Wildman–Crippen LogP) is 4.63. The SMILES string of the molecule is CC[C@@H](NC(=O)C1CCN(S(=O)(=O)c2ccc(Cl)cc2)CC1)c1ccc(C)c(C)c1. The van der Waals surface area contributed by atoms with Crippen molar-refractivity contribution in [2.24, 2.45) is 5.92 Å². The Morgan fingerprint density at radius 1 is 1.10 bits per heavy atom. The minimum atomic E-state index is -3.56. The van der Waals surface area contributed by atoms with Gasteiger partial charge < -0.3 is 5.32 Å². The summed E-state index contributed by atoms with van der Waals surface area (Å²) in [4.78, 5) is 13.1. The van der Waals surface area contributed by atoms with Crippen molar-refractivity contribution in [2.45, 2.75) is 51.0 Å².